The lowest BCUT2D eigenvalue weighted by Crippen LogP contribution is -2.30. The van der Waals surface area contributed by atoms with E-state index in [1.807, 2.05) is 13.8 Å². The van der Waals surface area contributed by atoms with Gasteiger partial charge in [0.05, 0.1) is 40.2 Å². The number of rotatable bonds is 8. The Balaban J connectivity index is 1.70. The van der Waals surface area contributed by atoms with E-state index in [0.717, 1.165) is 36.1 Å². The Labute approximate surface area is 203 Å². The quantitative estimate of drug-likeness (QED) is 0.461. The normalized spacial score (nSPS) is 18.0. The number of esters is 1. The molecule has 0 aromatic carbocycles. The van der Waals surface area contributed by atoms with Gasteiger partial charge in [0.15, 0.2) is 11.6 Å². The fourth-order valence-corrected chi connectivity index (χ4v) is 5.06. The van der Waals surface area contributed by atoms with E-state index in [9.17, 15) is 9.59 Å². The molecule has 2 heterocycles. The van der Waals surface area contributed by atoms with Crippen LogP contribution in [0.25, 0.3) is 10.7 Å². The zero-order valence-corrected chi connectivity index (χ0v) is 21.0. The average Bonchev–Trinajstić information content (AvgIpc) is 3.19. The number of thiophene rings is 1. The van der Waals surface area contributed by atoms with Crippen molar-refractivity contribution < 1.29 is 23.8 Å². The molecule has 10 heteroatoms. The topological polar surface area (TPSA) is 90.9 Å². The second kappa shape index (κ2) is 11.7. The number of carbonyl (C=O) groups excluding carboxylic acids is 2. The summed E-state index contributed by atoms with van der Waals surface area (Å²) in [6, 6.07) is 1.77. The van der Waals surface area contributed by atoms with E-state index in [0.29, 0.717) is 34.6 Å². The van der Waals surface area contributed by atoms with Gasteiger partial charge in [-0.05, 0) is 45.1 Å². The Morgan fingerprint density at radius 1 is 1.33 bits per heavy atom. The molecule has 0 bridgehead atoms. The number of methoxy groups -OCH3 is 1. The van der Waals surface area contributed by atoms with Crippen molar-refractivity contribution in [2.75, 3.05) is 20.7 Å². The molecule has 0 N–H and O–H groups in total. The minimum absolute atomic E-state index is 0.0812. The summed E-state index contributed by atoms with van der Waals surface area (Å²) in [6.07, 6.45) is 5.26. The highest BCUT2D eigenvalue weighted by Crippen LogP contribution is 2.36. The first-order valence-electron chi connectivity index (χ1n) is 11.1. The highest BCUT2D eigenvalue weighted by molar-refractivity contribution is 7.19. The van der Waals surface area contributed by atoms with E-state index in [2.05, 4.69) is 9.97 Å². The maximum atomic E-state index is 12.1. The lowest BCUT2D eigenvalue weighted by atomic mass is 9.87. The second-order valence-corrected chi connectivity index (χ2v) is 9.83. The van der Waals surface area contributed by atoms with Gasteiger partial charge in [-0.25, -0.2) is 14.8 Å². The van der Waals surface area contributed by atoms with Gasteiger partial charge in [0, 0.05) is 19.2 Å². The molecule has 33 heavy (non-hydrogen) atoms. The summed E-state index contributed by atoms with van der Waals surface area (Å²) in [7, 11) is 3.12. The second-order valence-electron chi connectivity index (χ2n) is 8.15. The van der Waals surface area contributed by atoms with Crippen molar-refractivity contribution in [3.05, 3.63) is 27.9 Å². The first kappa shape index (κ1) is 25.2. The lowest BCUT2D eigenvalue weighted by molar-refractivity contribution is -0.147. The summed E-state index contributed by atoms with van der Waals surface area (Å²) in [4.78, 5) is 35.4. The van der Waals surface area contributed by atoms with E-state index in [4.69, 9.17) is 25.8 Å². The van der Waals surface area contributed by atoms with Crippen LogP contribution in [0.4, 0.5) is 4.79 Å². The van der Waals surface area contributed by atoms with Crippen LogP contribution in [-0.4, -0.2) is 53.7 Å². The first-order valence-corrected chi connectivity index (χ1v) is 12.3. The van der Waals surface area contributed by atoms with Gasteiger partial charge in [-0.2, -0.15) is 0 Å². The number of amides is 1. The fraction of sp³-hybridized carbons (Fsp3) is 0.565. The van der Waals surface area contributed by atoms with E-state index >= 15 is 0 Å². The molecule has 1 aliphatic rings. The number of hydrogen-bond acceptors (Lipinski definition) is 8. The van der Waals surface area contributed by atoms with Gasteiger partial charge >= 0.3 is 12.1 Å². The third-order valence-electron chi connectivity index (χ3n) is 5.59. The molecule has 1 aliphatic carbocycles. The van der Waals surface area contributed by atoms with Crippen molar-refractivity contribution >= 4 is 35.0 Å². The van der Waals surface area contributed by atoms with Crippen LogP contribution < -0.4 is 4.74 Å². The van der Waals surface area contributed by atoms with Gasteiger partial charge in [-0.1, -0.05) is 18.5 Å². The zero-order valence-electron chi connectivity index (χ0n) is 19.4. The minimum Gasteiger partial charge on any atom is -0.487 e. The molecule has 0 unspecified atom stereocenters. The van der Waals surface area contributed by atoms with Crippen molar-refractivity contribution in [3.8, 4) is 16.5 Å². The third kappa shape index (κ3) is 6.57. The number of aromatic nitrogens is 2. The van der Waals surface area contributed by atoms with Crippen molar-refractivity contribution in [1.29, 1.82) is 0 Å². The molecule has 180 valence electrons. The molecule has 3 rings (SSSR count). The van der Waals surface area contributed by atoms with Gasteiger partial charge in [-0.3, -0.25) is 4.79 Å². The highest BCUT2D eigenvalue weighted by Gasteiger charge is 2.29. The monoisotopic (exact) mass is 495 g/mol. The molecule has 0 aliphatic heterocycles. The van der Waals surface area contributed by atoms with Gasteiger partial charge in [0.25, 0.3) is 0 Å². The summed E-state index contributed by atoms with van der Waals surface area (Å²) in [5, 5.41) is 0. The molecule has 1 saturated carbocycles. The van der Waals surface area contributed by atoms with Crippen LogP contribution in [0.15, 0.2) is 12.3 Å². The van der Waals surface area contributed by atoms with E-state index in [-0.39, 0.29) is 30.7 Å². The molecular weight excluding hydrogens is 466 g/mol. The highest BCUT2D eigenvalue weighted by atomic mass is 35.5. The van der Waals surface area contributed by atoms with Crippen LogP contribution in [0.2, 0.25) is 4.34 Å². The Bertz CT molecular complexity index is 983. The number of aryl methyl sites for hydroxylation is 1. The van der Waals surface area contributed by atoms with Crippen LogP contribution in [0.5, 0.6) is 5.75 Å². The largest absolute Gasteiger partial charge is 0.487 e. The van der Waals surface area contributed by atoms with E-state index < -0.39 is 0 Å². The van der Waals surface area contributed by atoms with Crippen LogP contribution in [-0.2, 0) is 20.9 Å². The summed E-state index contributed by atoms with van der Waals surface area (Å²) in [5.74, 6) is 0.770. The van der Waals surface area contributed by atoms with Crippen LogP contribution in [0.1, 0.15) is 50.3 Å². The van der Waals surface area contributed by atoms with Crippen LogP contribution in [0.3, 0.4) is 0 Å². The van der Waals surface area contributed by atoms with E-state index in [1.165, 1.54) is 23.3 Å². The molecule has 8 nitrogen and oxygen atoms in total. The van der Waals surface area contributed by atoms with Crippen LogP contribution >= 0.6 is 22.9 Å². The van der Waals surface area contributed by atoms with Crippen molar-refractivity contribution in [1.82, 2.24) is 14.9 Å². The van der Waals surface area contributed by atoms with Gasteiger partial charge in [0.1, 0.15) is 6.61 Å². The van der Waals surface area contributed by atoms with Crippen molar-refractivity contribution in [2.24, 2.45) is 5.92 Å². The van der Waals surface area contributed by atoms with Gasteiger partial charge in [0.2, 0.25) is 0 Å². The van der Waals surface area contributed by atoms with Gasteiger partial charge < -0.3 is 19.1 Å². The molecule has 2 aromatic rings. The number of carbonyl (C=O) groups is 2. The predicted molar refractivity (Wildman–Crippen MR) is 127 cm³/mol. The lowest BCUT2D eigenvalue weighted by Gasteiger charge is -2.28. The van der Waals surface area contributed by atoms with Gasteiger partial charge in [-0.15, -0.1) is 11.3 Å². The maximum absolute atomic E-state index is 12.1. The Kier molecular flexibility index (Phi) is 8.91. The Morgan fingerprint density at radius 2 is 2.12 bits per heavy atom. The number of nitrogens with zero attached hydrogens (tertiary/aromatic N) is 3. The third-order valence-corrected chi connectivity index (χ3v) is 6.89. The molecule has 0 spiro atoms. The molecule has 0 radical (unpaired) electrons. The molecular formula is C23H30ClN3O5S. The number of ether oxygens (including phenoxy) is 3. The summed E-state index contributed by atoms with van der Waals surface area (Å²) in [5.41, 5.74) is 1.44. The molecule has 2 atom stereocenters. The number of hydrogen-bond donors (Lipinski definition) is 0. The Hall–Kier alpha value is -2.39. The fourth-order valence-electron chi connectivity index (χ4n) is 3.86. The van der Waals surface area contributed by atoms with Crippen LogP contribution in [0, 0.1) is 12.8 Å². The summed E-state index contributed by atoms with van der Waals surface area (Å²) < 4.78 is 17.0. The van der Waals surface area contributed by atoms with E-state index in [1.54, 1.807) is 19.3 Å². The zero-order chi connectivity index (χ0) is 24.0. The molecule has 1 amide bonds. The maximum Gasteiger partial charge on any atom is 0.409 e. The standard InChI is InChI=1S/C23H30ClN3O5S/c1-5-9-27(3)23(29)31-13-16-11-19(24)33-20(16)21-25-12-18(14(2)26-21)32-17-8-6-7-15(10-17)22(28)30-4/h11-12,15,17H,5-10,13H2,1-4H3/t15-,17-/m0/s1. The predicted octanol–water partition coefficient (Wildman–Crippen LogP) is 5.26. The molecule has 2 aromatic heterocycles. The average molecular weight is 496 g/mol. The molecule has 1 fully saturated rings. The first-order chi connectivity index (χ1) is 15.8. The SMILES string of the molecule is CCCN(C)C(=O)OCc1cc(Cl)sc1-c1ncc(O[C@H]2CCC[C@H](C(=O)OC)C2)c(C)n1. The number of halogens is 1. The minimum atomic E-state index is -0.385. The smallest absolute Gasteiger partial charge is 0.409 e. The van der Waals surface area contributed by atoms with Crippen molar-refractivity contribution in [2.45, 2.75) is 58.7 Å². The summed E-state index contributed by atoms with van der Waals surface area (Å²) in [6.45, 7) is 4.57. The van der Waals surface area contributed by atoms with Crippen molar-refractivity contribution in [3.63, 3.8) is 0 Å². The molecule has 0 saturated heterocycles. The Morgan fingerprint density at radius 3 is 2.82 bits per heavy atom. The summed E-state index contributed by atoms with van der Waals surface area (Å²) >= 11 is 7.58.